The second-order valence-electron chi connectivity index (χ2n) is 5.36. The van der Waals surface area contributed by atoms with Crippen molar-refractivity contribution in [3.63, 3.8) is 0 Å². The van der Waals surface area contributed by atoms with E-state index in [1.165, 1.54) is 6.08 Å². The van der Waals surface area contributed by atoms with Gasteiger partial charge in [0.2, 0.25) is 0 Å². The van der Waals surface area contributed by atoms with Crippen LogP contribution in [0.2, 0.25) is 0 Å². The predicted molar refractivity (Wildman–Crippen MR) is 93.1 cm³/mol. The summed E-state index contributed by atoms with van der Waals surface area (Å²) >= 11 is 0.989. The lowest BCUT2D eigenvalue weighted by Gasteiger charge is -2.10. The number of nitrogens with one attached hydrogen (secondary N) is 1. The second-order valence-corrected chi connectivity index (χ2v) is 6.38. The standard InChI is InChI=1S/C17H21NO6S/c1-4-8-24-17(21)13-10(3)12(16(20)22-5-2)15(25-13)18-14(19)11-7-6-9-23-11/h4,11H,1,5-9H2,2-3H3,(H,18,19). The highest BCUT2D eigenvalue weighted by atomic mass is 32.1. The molecular formula is C17H21NO6S. The van der Waals surface area contributed by atoms with E-state index in [9.17, 15) is 14.4 Å². The molecule has 8 heteroatoms. The van der Waals surface area contributed by atoms with Gasteiger partial charge >= 0.3 is 11.9 Å². The molecule has 136 valence electrons. The number of hydrogen-bond donors (Lipinski definition) is 1. The molecule has 1 fully saturated rings. The number of hydrogen-bond acceptors (Lipinski definition) is 7. The molecule has 1 aromatic rings. The fraction of sp³-hybridized carbons (Fsp3) is 0.471. The van der Waals surface area contributed by atoms with Crippen LogP contribution in [-0.2, 0) is 19.0 Å². The number of amides is 1. The maximum Gasteiger partial charge on any atom is 0.348 e. The number of rotatable bonds is 7. The van der Waals surface area contributed by atoms with Gasteiger partial charge in [-0.1, -0.05) is 12.7 Å². The van der Waals surface area contributed by atoms with E-state index in [-0.39, 0.29) is 34.6 Å². The van der Waals surface area contributed by atoms with Crippen molar-refractivity contribution in [2.75, 3.05) is 25.1 Å². The molecule has 1 saturated heterocycles. The summed E-state index contributed by atoms with van der Waals surface area (Å²) in [5, 5.41) is 2.96. The summed E-state index contributed by atoms with van der Waals surface area (Å²) in [4.78, 5) is 37.0. The normalized spacial score (nSPS) is 16.3. The van der Waals surface area contributed by atoms with E-state index < -0.39 is 18.0 Å². The lowest BCUT2D eigenvalue weighted by Crippen LogP contribution is -2.27. The van der Waals surface area contributed by atoms with Crippen LogP contribution in [-0.4, -0.2) is 43.8 Å². The Kier molecular flexibility index (Phi) is 6.72. The zero-order valence-corrected chi connectivity index (χ0v) is 15.1. The van der Waals surface area contributed by atoms with E-state index in [1.54, 1.807) is 13.8 Å². The Morgan fingerprint density at radius 3 is 2.72 bits per heavy atom. The third-order valence-corrected chi connectivity index (χ3v) is 4.79. The average molecular weight is 367 g/mol. The third kappa shape index (κ3) is 4.46. The summed E-state index contributed by atoms with van der Waals surface area (Å²) in [6.45, 7) is 7.57. The topological polar surface area (TPSA) is 90.9 Å². The second kappa shape index (κ2) is 8.77. The molecule has 0 aromatic carbocycles. The van der Waals surface area contributed by atoms with E-state index >= 15 is 0 Å². The van der Waals surface area contributed by atoms with E-state index in [4.69, 9.17) is 14.2 Å². The molecule has 1 aromatic heterocycles. The van der Waals surface area contributed by atoms with Gasteiger partial charge in [0.25, 0.3) is 5.91 Å². The maximum atomic E-state index is 12.3. The lowest BCUT2D eigenvalue weighted by molar-refractivity contribution is -0.124. The molecule has 7 nitrogen and oxygen atoms in total. The van der Waals surface area contributed by atoms with Crippen LogP contribution < -0.4 is 5.32 Å². The van der Waals surface area contributed by atoms with Crippen molar-refractivity contribution in [3.05, 3.63) is 28.7 Å². The monoisotopic (exact) mass is 367 g/mol. The SMILES string of the molecule is C=CCOC(=O)c1sc(NC(=O)C2CCCO2)c(C(=O)OCC)c1C. The fourth-order valence-electron chi connectivity index (χ4n) is 2.42. The van der Waals surface area contributed by atoms with E-state index in [0.717, 1.165) is 17.8 Å². The summed E-state index contributed by atoms with van der Waals surface area (Å²) in [6, 6.07) is 0. The number of anilines is 1. The van der Waals surface area contributed by atoms with Crippen molar-refractivity contribution < 1.29 is 28.6 Å². The molecule has 0 saturated carbocycles. The fourth-order valence-corrected chi connectivity index (χ4v) is 3.51. The average Bonchev–Trinajstić information content (AvgIpc) is 3.21. The van der Waals surface area contributed by atoms with E-state index in [1.807, 2.05) is 0 Å². The Labute approximate surface area is 149 Å². The van der Waals surface area contributed by atoms with Crippen LogP contribution in [0.5, 0.6) is 0 Å². The van der Waals surface area contributed by atoms with Crippen molar-refractivity contribution >= 4 is 34.2 Å². The highest BCUT2D eigenvalue weighted by Crippen LogP contribution is 2.34. The molecule has 1 N–H and O–H groups in total. The number of carbonyl (C=O) groups is 3. The van der Waals surface area contributed by atoms with Gasteiger partial charge < -0.3 is 19.5 Å². The molecule has 1 atom stereocenters. The highest BCUT2D eigenvalue weighted by Gasteiger charge is 2.30. The van der Waals surface area contributed by atoms with Crippen LogP contribution in [0.1, 0.15) is 45.4 Å². The van der Waals surface area contributed by atoms with E-state index in [0.29, 0.717) is 18.6 Å². The summed E-state index contributed by atoms with van der Waals surface area (Å²) in [7, 11) is 0. The summed E-state index contributed by atoms with van der Waals surface area (Å²) < 4.78 is 15.4. The first-order chi connectivity index (χ1) is 12.0. The maximum absolute atomic E-state index is 12.3. The Morgan fingerprint density at radius 1 is 1.36 bits per heavy atom. The molecule has 2 rings (SSSR count). The molecule has 2 heterocycles. The molecule has 1 amide bonds. The number of carbonyl (C=O) groups excluding carboxylic acids is 3. The number of thiophene rings is 1. The van der Waals surface area contributed by atoms with Crippen LogP contribution in [0.25, 0.3) is 0 Å². The van der Waals surface area contributed by atoms with Crippen LogP contribution >= 0.6 is 11.3 Å². The molecular weight excluding hydrogens is 346 g/mol. The highest BCUT2D eigenvalue weighted by molar-refractivity contribution is 7.18. The van der Waals surface area contributed by atoms with Gasteiger partial charge in [0.15, 0.2) is 0 Å². The molecule has 1 aliphatic heterocycles. The smallest absolute Gasteiger partial charge is 0.348 e. The Bertz CT molecular complexity index is 675. The summed E-state index contributed by atoms with van der Waals surface area (Å²) in [6.07, 6.45) is 2.34. The van der Waals surface area contributed by atoms with Gasteiger partial charge in [-0.25, -0.2) is 9.59 Å². The molecule has 1 aliphatic rings. The van der Waals surface area contributed by atoms with Crippen molar-refractivity contribution in [1.29, 1.82) is 0 Å². The van der Waals surface area contributed by atoms with Gasteiger partial charge in [0.05, 0.1) is 12.2 Å². The molecule has 25 heavy (non-hydrogen) atoms. The first-order valence-corrected chi connectivity index (χ1v) is 8.82. The van der Waals surface area contributed by atoms with Gasteiger partial charge in [0.1, 0.15) is 22.6 Å². The summed E-state index contributed by atoms with van der Waals surface area (Å²) in [5.41, 5.74) is 0.587. The molecule has 1 unspecified atom stereocenters. The zero-order chi connectivity index (χ0) is 18.4. The van der Waals surface area contributed by atoms with Crippen LogP contribution in [0, 0.1) is 6.92 Å². The van der Waals surface area contributed by atoms with Gasteiger partial charge in [-0.2, -0.15) is 0 Å². The predicted octanol–water partition coefficient (Wildman–Crippen LogP) is 2.69. The van der Waals surface area contributed by atoms with Crippen molar-refractivity contribution in [2.24, 2.45) is 0 Å². The Hall–Kier alpha value is -2.19. The first kappa shape index (κ1) is 19.1. The quantitative estimate of drug-likeness (QED) is 0.588. The zero-order valence-electron chi connectivity index (χ0n) is 14.3. The van der Waals surface area contributed by atoms with Gasteiger partial charge in [-0.05, 0) is 32.3 Å². The van der Waals surface area contributed by atoms with E-state index in [2.05, 4.69) is 11.9 Å². The number of ether oxygens (including phenoxy) is 3. The minimum absolute atomic E-state index is 0.0581. The molecule has 0 spiro atoms. The molecule has 0 aliphatic carbocycles. The Balaban J connectivity index is 2.31. The minimum Gasteiger partial charge on any atom is -0.462 e. The van der Waals surface area contributed by atoms with Gasteiger partial charge in [0, 0.05) is 6.61 Å². The largest absolute Gasteiger partial charge is 0.462 e. The van der Waals surface area contributed by atoms with Gasteiger partial charge in [-0.3, -0.25) is 4.79 Å². The van der Waals surface area contributed by atoms with Crippen LogP contribution in [0.15, 0.2) is 12.7 Å². The molecule has 0 bridgehead atoms. The van der Waals surface area contributed by atoms with Crippen LogP contribution in [0.3, 0.4) is 0 Å². The van der Waals surface area contributed by atoms with Crippen LogP contribution in [0.4, 0.5) is 5.00 Å². The summed E-state index contributed by atoms with van der Waals surface area (Å²) in [5.74, 6) is -1.51. The van der Waals surface area contributed by atoms with Crippen molar-refractivity contribution in [2.45, 2.75) is 32.8 Å². The number of esters is 2. The minimum atomic E-state index is -0.596. The Morgan fingerprint density at radius 2 is 2.12 bits per heavy atom. The van der Waals surface area contributed by atoms with Crippen molar-refractivity contribution in [3.8, 4) is 0 Å². The lowest BCUT2D eigenvalue weighted by atomic mass is 10.1. The van der Waals surface area contributed by atoms with Crippen molar-refractivity contribution in [1.82, 2.24) is 0 Å². The third-order valence-electron chi connectivity index (χ3n) is 3.60. The molecule has 0 radical (unpaired) electrons. The van der Waals surface area contributed by atoms with Gasteiger partial charge in [-0.15, -0.1) is 11.3 Å². The first-order valence-electron chi connectivity index (χ1n) is 8.00.